The minimum absolute atomic E-state index is 0.206. The van der Waals surface area contributed by atoms with Crippen molar-refractivity contribution >= 4 is 28.9 Å². The molecule has 3 nitrogen and oxygen atoms in total. The predicted molar refractivity (Wildman–Crippen MR) is 84.3 cm³/mol. The Hall–Kier alpha value is -2.00. The first kappa shape index (κ1) is 14.4. The van der Waals surface area contributed by atoms with E-state index in [1.165, 1.54) is 0 Å². The third-order valence-electron chi connectivity index (χ3n) is 2.97. The van der Waals surface area contributed by atoms with Gasteiger partial charge < -0.3 is 11.1 Å². The number of hydrogen-bond acceptors (Lipinski definition) is 2. The second-order valence-electron chi connectivity index (χ2n) is 4.63. The molecule has 1 amide bonds. The van der Waals surface area contributed by atoms with Gasteiger partial charge in [-0.3, -0.25) is 4.79 Å². The molecule has 20 heavy (non-hydrogen) atoms. The van der Waals surface area contributed by atoms with E-state index in [0.717, 1.165) is 24.1 Å². The molecule has 0 fully saturated rings. The fourth-order valence-electron chi connectivity index (χ4n) is 2.07. The van der Waals surface area contributed by atoms with Crippen LogP contribution in [0.5, 0.6) is 0 Å². The van der Waals surface area contributed by atoms with Gasteiger partial charge in [0.1, 0.15) is 0 Å². The number of amides is 1. The highest BCUT2D eigenvalue weighted by Crippen LogP contribution is 2.20. The number of halogens is 1. The van der Waals surface area contributed by atoms with Crippen molar-refractivity contribution in [3.8, 4) is 0 Å². The summed E-state index contributed by atoms with van der Waals surface area (Å²) in [6, 6.07) is 12.6. The molecule has 2 aromatic rings. The lowest BCUT2D eigenvalue weighted by molar-refractivity contribution is 0.102. The number of aryl methyl sites for hydroxylation is 1. The molecule has 4 heteroatoms. The molecule has 0 unspecified atom stereocenters. The molecule has 0 radical (unpaired) electrons. The summed E-state index contributed by atoms with van der Waals surface area (Å²) in [4.78, 5) is 12.2. The number of nitrogens with two attached hydrogens (primary N) is 1. The number of hydrogen-bond donors (Lipinski definition) is 2. The van der Waals surface area contributed by atoms with E-state index in [1.807, 2.05) is 24.3 Å². The van der Waals surface area contributed by atoms with E-state index in [4.69, 9.17) is 17.3 Å². The van der Waals surface area contributed by atoms with Crippen LogP contribution in [0.2, 0.25) is 5.02 Å². The van der Waals surface area contributed by atoms with E-state index in [1.54, 1.807) is 18.2 Å². The van der Waals surface area contributed by atoms with E-state index < -0.39 is 0 Å². The van der Waals surface area contributed by atoms with Gasteiger partial charge in [0, 0.05) is 22.0 Å². The van der Waals surface area contributed by atoms with Crippen molar-refractivity contribution < 1.29 is 4.79 Å². The first-order valence-corrected chi connectivity index (χ1v) is 6.93. The molecule has 2 rings (SSSR count). The maximum Gasteiger partial charge on any atom is 0.255 e. The van der Waals surface area contributed by atoms with Crippen LogP contribution in [-0.4, -0.2) is 5.91 Å². The molecule has 104 valence electrons. The van der Waals surface area contributed by atoms with Crippen molar-refractivity contribution in [3.05, 3.63) is 58.6 Å². The minimum atomic E-state index is -0.206. The summed E-state index contributed by atoms with van der Waals surface area (Å²) in [5, 5.41) is 3.37. The second-order valence-corrected chi connectivity index (χ2v) is 5.07. The zero-order chi connectivity index (χ0) is 14.5. The third-order valence-corrected chi connectivity index (χ3v) is 3.19. The number of carbonyl (C=O) groups is 1. The number of rotatable bonds is 4. The third kappa shape index (κ3) is 3.52. The molecule has 2 aromatic carbocycles. The van der Waals surface area contributed by atoms with E-state index in [-0.39, 0.29) is 5.91 Å². The number of nitrogens with one attached hydrogen (secondary N) is 1. The highest BCUT2D eigenvalue weighted by molar-refractivity contribution is 6.31. The van der Waals surface area contributed by atoms with Crippen LogP contribution in [0.15, 0.2) is 42.5 Å². The molecule has 0 saturated heterocycles. The SMILES string of the molecule is CCCc1ccccc1NC(=O)c1cc(N)cc(Cl)c1. The highest BCUT2D eigenvalue weighted by Gasteiger charge is 2.10. The van der Waals surface area contributed by atoms with Crippen LogP contribution in [0.25, 0.3) is 0 Å². The Labute approximate surface area is 123 Å². The molecule has 0 aliphatic rings. The normalized spacial score (nSPS) is 10.3. The summed E-state index contributed by atoms with van der Waals surface area (Å²) in [7, 11) is 0. The summed E-state index contributed by atoms with van der Waals surface area (Å²) in [5.41, 5.74) is 8.59. The number of nitrogen functional groups attached to an aromatic ring is 1. The zero-order valence-electron chi connectivity index (χ0n) is 11.3. The van der Waals surface area contributed by atoms with Gasteiger partial charge in [0.25, 0.3) is 5.91 Å². The fourth-order valence-corrected chi connectivity index (χ4v) is 2.31. The summed E-state index contributed by atoms with van der Waals surface area (Å²) >= 11 is 5.92. The largest absolute Gasteiger partial charge is 0.399 e. The molecule has 0 saturated carbocycles. The first-order chi connectivity index (χ1) is 9.60. The Morgan fingerprint density at radius 3 is 2.70 bits per heavy atom. The lowest BCUT2D eigenvalue weighted by Crippen LogP contribution is -2.13. The summed E-state index contributed by atoms with van der Waals surface area (Å²) in [6.45, 7) is 2.11. The highest BCUT2D eigenvalue weighted by atomic mass is 35.5. The molecule has 0 aliphatic carbocycles. The Bertz CT molecular complexity index is 605. The maximum atomic E-state index is 12.2. The number of anilines is 2. The Morgan fingerprint density at radius 2 is 2.00 bits per heavy atom. The summed E-state index contributed by atoms with van der Waals surface area (Å²) in [5.74, 6) is -0.206. The quantitative estimate of drug-likeness (QED) is 0.831. The van der Waals surface area contributed by atoms with Crippen LogP contribution >= 0.6 is 11.6 Å². The van der Waals surface area contributed by atoms with Gasteiger partial charge in [-0.15, -0.1) is 0 Å². The van der Waals surface area contributed by atoms with Gasteiger partial charge in [-0.2, -0.15) is 0 Å². The topological polar surface area (TPSA) is 55.1 Å². The summed E-state index contributed by atoms with van der Waals surface area (Å²) in [6.07, 6.45) is 1.95. The molecular weight excluding hydrogens is 272 g/mol. The molecule has 0 heterocycles. The van der Waals surface area contributed by atoms with Crippen LogP contribution in [0.4, 0.5) is 11.4 Å². The van der Waals surface area contributed by atoms with E-state index >= 15 is 0 Å². The maximum absolute atomic E-state index is 12.2. The van der Waals surface area contributed by atoms with Gasteiger partial charge in [0.05, 0.1) is 0 Å². The fraction of sp³-hybridized carbons (Fsp3) is 0.188. The molecule has 0 aliphatic heterocycles. The molecule has 0 bridgehead atoms. The standard InChI is InChI=1S/C16H17ClN2O/c1-2-5-11-6-3-4-7-15(11)19-16(20)12-8-13(17)10-14(18)9-12/h3-4,6-10H,2,5,18H2,1H3,(H,19,20). The molecule has 0 spiro atoms. The number of benzene rings is 2. The number of para-hydroxylation sites is 1. The van der Waals surface area contributed by atoms with E-state index in [9.17, 15) is 4.79 Å². The van der Waals surface area contributed by atoms with E-state index in [2.05, 4.69) is 12.2 Å². The second kappa shape index (κ2) is 6.44. The van der Waals surface area contributed by atoms with Crippen molar-refractivity contribution in [2.75, 3.05) is 11.1 Å². The van der Waals surface area contributed by atoms with Gasteiger partial charge in [-0.25, -0.2) is 0 Å². The summed E-state index contributed by atoms with van der Waals surface area (Å²) < 4.78 is 0. The number of carbonyl (C=O) groups excluding carboxylic acids is 1. The predicted octanol–water partition coefficient (Wildman–Crippen LogP) is 4.13. The van der Waals surface area contributed by atoms with Crippen LogP contribution in [0.1, 0.15) is 29.3 Å². The lowest BCUT2D eigenvalue weighted by Gasteiger charge is -2.11. The van der Waals surface area contributed by atoms with Crippen LogP contribution in [-0.2, 0) is 6.42 Å². The van der Waals surface area contributed by atoms with Crippen molar-refractivity contribution in [1.82, 2.24) is 0 Å². The zero-order valence-corrected chi connectivity index (χ0v) is 12.1. The van der Waals surface area contributed by atoms with Crippen LogP contribution in [0.3, 0.4) is 0 Å². The van der Waals surface area contributed by atoms with Crippen LogP contribution < -0.4 is 11.1 Å². The van der Waals surface area contributed by atoms with Gasteiger partial charge in [-0.1, -0.05) is 43.1 Å². The lowest BCUT2D eigenvalue weighted by atomic mass is 10.1. The smallest absolute Gasteiger partial charge is 0.255 e. The van der Waals surface area contributed by atoms with Crippen molar-refractivity contribution in [3.63, 3.8) is 0 Å². The minimum Gasteiger partial charge on any atom is -0.399 e. The van der Waals surface area contributed by atoms with Gasteiger partial charge >= 0.3 is 0 Å². The molecular formula is C16H17ClN2O. The monoisotopic (exact) mass is 288 g/mol. The van der Waals surface area contributed by atoms with Crippen molar-refractivity contribution in [2.24, 2.45) is 0 Å². The Morgan fingerprint density at radius 1 is 1.25 bits per heavy atom. The molecule has 0 atom stereocenters. The average molecular weight is 289 g/mol. The first-order valence-electron chi connectivity index (χ1n) is 6.55. The Kier molecular flexibility index (Phi) is 4.64. The molecule has 3 N–H and O–H groups in total. The molecule has 0 aromatic heterocycles. The van der Waals surface area contributed by atoms with Crippen molar-refractivity contribution in [2.45, 2.75) is 19.8 Å². The van der Waals surface area contributed by atoms with E-state index in [0.29, 0.717) is 16.3 Å². The Balaban J connectivity index is 2.23. The van der Waals surface area contributed by atoms with Gasteiger partial charge in [0.15, 0.2) is 0 Å². The average Bonchev–Trinajstić information content (AvgIpc) is 2.40. The van der Waals surface area contributed by atoms with Crippen molar-refractivity contribution in [1.29, 1.82) is 0 Å². The van der Waals surface area contributed by atoms with Gasteiger partial charge in [0.2, 0.25) is 0 Å². The van der Waals surface area contributed by atoms with Crippen LogP contribution in [0, 0.1) is 0 Å². The van der Waals surface area contributed by atoms with Gasteiger partial charge in [-0.05, 0) is 36.2 Å².